The van der Waals surface area contributed by atoms with Gasteiger partial charge in [0.15, 0.2) is 0 Å². The maximum Gasteiger partial charge on any atom is 0.00969 e. The largest absolute Gasteiger partial charge is 0.306 e. The minimum atomic E-state index is 0.590. The molecule has 0 heterocycles. The Morgan fingerprint density at radius 2 is 1.86 bits per heavy atom. The monoisotopic (exact) mass is 195 g/mol. The van der Waals surface area contributed by atoms with Gasteiger partial charge in [-0.1, -0.05) is 13.8 Å². The van der Waals surface area contributed by atoms with Crippen LogP contribution in [0.25, 0.3) is 0 Å². The van der Waals surface area contributed by atoms with Crippen molar-refractivity contribution < 1.29 is 0 Å². The lowest BCUT2D eigenvalue weighted by molar-refractivity contribution is 0.0540. The summed E-state index contributed by atoms with van der Waals surface area (Å²) in [7, 11) is 4.46. The summed E-state index contributed by atoms with van der Waals surface area (Å²) in [6.45, 7) is 7.41. The van der Waals surface area contributed by atoms with Crippen molar-refractivity contribution >= 4 is 0 Å². The average Bonchev–Trinajstić information content (AvgIpc) is 2.60. The van der Waals surface area contributed by atoms with E-state index in [1.54, 1.807) is 0 Å². The lowest BCUT2D eigenvalue weighted by atomic mass is 9.66. The topological polar surface area (TPSA) is 3.24 Å². The van der Waals surface area contributed by atoms with Gasteiger partial charge in [0.05, 0.1) is 0 Å². The molecule has 4 atom stereocenters. The highest BCUT2D eigenvalue weighted by molar-refractivity contribution is 5.04. The highest BCUT2D eigenvalue weighted by atomic mass is 15.1. The van der Waals surface area contributed by atoms with Gasteiger partial charge in [0.1, 0.15) is 0 Å². The van der Waals surface area contributed by atoms with Crippen molar-refractivity contribution in [1.29, 1.82) is 0 Å². The van der Waals surface area contributed by atoms with E-state index < -0.39 is 0 Å². The molecule has 2 bridgehead atoms. The molecule has 1 nitrogen and oxygen atoms in total. The molecule has 0 spiro atoms. The van der Waals surface area contributed by atoms with Crippen LogP contribution in [-0.2, 0) is 0 Å². The molecule has 2 rings (SSSR count). The summed E-state index contributed by atoms with van der Waals surface area (Å²) in [6, 6.07) is 0.750. The molecule has 2 aliphatic rings. The Labute approximate surface area is 88.9 Å². The van der Waals surface area contributed by atoms with E-state index in [1.807, 2.05) is 0 Å². The van der Waals surface area contributed by atoms with E-state index in [0.717, 1.165) is 23.8 Å². The molecule has 0 amide bonds. The summed E-state index contributed by atoms with van der Waals surface area (Å²) in [5, 5.41) is 0. The van der Waals surface area contributed by atoms with Crippen molar-refractivity contribution in [2.45, 2.75) is 46.1 Å². The fourth-order valence-electron chi connectivity index (χ4n) is 4.23. The molecule has 0 saturated heterocycles. The summed E-state index contributed by atoms with van der Waals surface area (Å²) < 4.78 is 0. The van der Waals surface area contributed by atoms with Gasteiger partial charge in [0.2, 0.25) is 0 Å². The molecule has 0 aromatic heterocycles. The van der Waals surface area contributed by atoms with Crippen LogP contribution in [0, 0.1) is 23.2 Å². The molecular formula is C13H25N. The Hall–Kier alpha value is -0.0400. The summed E-state index contributed by atoms with van der Waals surface area (Å²) >= 11 is 0. The minimum absolute atomic E-state index is 0.590. The summed E-state index contributed by atoms with van der Waals surface area (Å²) in [5.41, 5.74) is 0.590. The zero-order chi connectivity index (χ0) is 10.5. The Kier molecular flexibility index (Phi) is 2.42. The first-order chi connectivity index (χ1) is 6.44. The number of hydrogen-bond donors (Lipinski definition) is 0. The van der Waals surface area contributed by atoms with Gasteiger partial charge in [-0.15, -0.1) is 0 Å². The maximum atomic E-state index is 2.50. The van der Waals surface area contributed by atoms with E-state index in [-0.39, 0.29) is 0 Å². The molecule has 0 aliphatic heterocycles. The molecule has 1 heteroatoms. The van der Waals surface area contributed by atoms with E-state index in [2.05, 4.69) is 39.8 Å². The smallest absolute Gasteiger partial charge is 0.00969 e. The first-order valence-electron chi connectivity index (χ1n) is 6.11. The van der Waals surface area contributed by atoms with Gasteiger partial charge >= 0.3 is 0 Å². The van der Waals surface area contributed by atoms with Crippen LogP contribution < -0.4 is 0 Å². The van der Waals surface area contributed by atoms with E-state index in [4.69, 9.17) is 0 Å². The molecule has 14 heavy (non-hydrogen) atoms. The lowest BCUT2D eigenvalue weighted by Gasteiger charge is -2.43. The maximum absolute atomic E-state index is 2.50. The predicted molar refractivity (Wildman–Crippen MR) is 61.3 cm³/mol. The number of hydrogen-bond acceptors (Lipinski definition) is 1. The highest BCUT2D eigenvalue weighted by Gasteiger charge is 2.54. The van der Waals surface area contributed by atoms with Gasteiger partial charge < -0.3 is 4.90 Å². The fraction of sp³-hybridized carbons (Fsp3) is 1.00. The first kappa shape index (κ1) is 10.5. The van der Waals surface area contributed by atoms with Crippen molar-refractivity contribution in [3.05, 3.63) is 0 Å². The number of nitrogens with zero attached hydrogens (tertiary/aromatic N) is 1. The van der Waals surface area contributed by atoms with Crippen LogP contribution in [0.5, 0.6) is 0 Å². The van der Waals surface area contributed by atoms with Crippen LogP contribution >= 0.6 is 0 Å². The van der Waals surface area contributed by atoms with Crippen LogP contribution in [0.3, 0.4) is 0 Å². The second kappa shape index (κ2) is 3.23. The highest BCUT2D eigenvalue weighted by Crippen LogP contribution is 2.60. The van der Waals surface area contributed by atoms with Gasteiger partial charge in [0, 0.05) is 6.04 Å². The minimum Gasteiger partial charge on any atom is -0.306 e. The van der Waals surface area contributed by atoms with Gasteiger partial charge in [-0.05, 0) is 63.5 Å². The summed E-state index contributed by atoms with van der Waals surface area (Å²) in [6.07, 6.45) is 4.50. The van der Waals surface area contributed by atoms with Crippen molar-refractivity contribution in [1.82, 2.24) is 4.90 Å². The molecule has 2 fully saturated rings. The Bertz CT molecular complexity index is 219. The van der Waals surface area contributed by atoms with Crippen molar-refractivity contribution in [2.75, 3.05) is 14.1 Å². The predicted octanol–water partition coefficient (Wildman–Crippen LogP) is 3.01. The fourth-order valence-corrected chi connectivity index (χ4v) is 4.23. The van der Waals surface area contributed by atoms with Crippen LogP contribution in [0.2, 0.25) is 0 Å². The Balaban J connectivity index is 2.19. The molecule has 82 valence electrons. The quantitative estimate of drug-likeness (QED) is 0.654. The van der Waals surface area contributed by atoms with Crippen LogP contribution in [0.15, 0.2) is 0 Å². The zero-order valence-corrected chi connectivity index (χ0v) is 10.4. The summed E-state index contributed by atoms with van der Waals surface area (Å²) in [5.74, 6) is 2.96. The van der Waals surface area contributed by atoms with Gasteiger partial charge in [-0.25, -0.2) is 0 Å². The molecule has 0 aromatic rings. The van der Waals surface area contributed by atoms with E-state index >= 15 is 0 Å². The summed E-state index contributed by atoms with van der Waals surface area (Å²) in [4.78, 5) is 2.41. The molecule has 4 unspecified atom stereocenters. The van der Waals surface area contributed by atoms with E-state index in [1.165, 1.54) is 19.3 Å². The van der Waals surface area contributed by atoms with E-state index in [9.17, 15) is 0 Å². The molecule has 2 saturated carbocycles. The third-order valence-corrected chi connectivity index (χ3v) is 5.23. The van der Waals surface area contributed by atoms with Crippen molar-refractivity contribution in [3.63, 3.8) is 0 Å². The lowest BCUT2D eigenvalue weighted by Crippen LogP contribution is -2.43. The molecule has 0 N–H and O–H groups in total. The first-order valence-corrected chi connectivity index (χ1v) is 6.11. The third-order valence-electron chi connectivity index (χ3n) is 5.23. The SMILES string of the molecule is CC(C1C2CCC(C2)C1(C)C)N(C)C. The number of rotatable bonds is 2. The van der Waals surface area contributed by atoms with Gasteiger partial charge in [-0.3, -0.25) is 0 Å². The van der Waals surface area contributed by atoms with Crippen LogP contribution in [0.4, 0.5) is 0 Å². The zero-order valence-electron chi connectivity index (χ0n) is 10.4. The Morgan fingerprint density at radius 1 is 1.21 bits per heavy atom. The second-order valence-corrected chi connectivity index (χ2v) is 6.32. The van der Waals surface area contributed by atoms with Gasteiger partial charge in [0.25, 0.3) is 0 Å². The van der Waals surface area contributed by atoms with Crippen molar-refractivity contribution in [3.8, 4) is 0 Å². The molecule has 2 aliphatic carbocycles. The normalized spacial score (nSPS) is 42.0. The second-order valence-electron chi connectivity index (χ2n) is 6.32. The van der Waals surface area contributed by atoms with Crippen molar-refractivity contribution in [2.24, 2.45) is 23.2 Å². The standard InChI is InChI=1S/C13H25N/c1-9(14(4)5)12-10-6-7-11(8-10)13(12,2)3/h9-12H,6-8H2,1-5H3. The molecular weight excluding hydrogens is 170 g/mol. The van der Waals surface area contributed by atoms with E-state index in [0.29, 0.717) is 5.41 Å². The number of fused-ring (bicyclic) bond motifs is 2. The third kappa shape index (κ3) is 1.32. The average molecular weight is 195 g/mol. The Morgan fingerprint density at radius 3 is 2.29 bits per heavy atom. The molecule has 0 radical (unpaired) electrons. The van der Waals surface area contributed by atoms with Crippen LogP contribution in [-0.4, -0.2) is 25.0 Å². The van der Waals surface area contributed by atoms with Crippen LogP contribution in [0.1, 0.15) is 40.0 Å². The molecule has 0 aromatic carbocycles. The van der Waals surface area contributed by atoms with Gasteiger partial charge in [-0.2, -0.15) is 0 Å².